The van der Waals surface area contributed by atoms with E-state index in [0.29, 0.717) is 24.5 Å². The number of benzene rings is 1. The van der Waals surface area contributed by atoms with Gasteiger partial charge in [-0.05, 0) is 58.3 Å². The maximum atomic E-state index is 14.1. The number of hydrogen-bond acceptors (Lipinski definition) is 13. The molecule has 252 valence electrons. The van der Waals surface area contributed by atoms with Crippen molar-refractivity contribution in [3.05, 3.63) is 34.1 Å². The first-order valence-corrected chi connectivity index (χ1v) is 15.1. The molecule has 0 aromatic heterocycles. The van der Waals surface area contributed by atoms with E-state index in [-0.39, 0.29) is 42.8 Å². The summed E-state index contributed by atoms with van der Waals surface area (Å²) < 4.78 is 10.9. The molecule has 4 atom stereocenters. The number of anilines is 2. The van der Waals surface area contributed by atoms with Crippen LogP contribution in [0.25, 0.3) is 5.76 Å². The molecule has 1 saturated carbocycles. The summed E-state index contributed by atoms with van der Waals surface area (Å²) in [6, 6.07) is 0.373. The molecule has 15 heteroatoms. The van der Waals surface area contributed by atoms with Gasteiger partial charge in [-0.2, -0.15) is 0 Å². The second-order valence-electron chi connectivity index (χ2n) is 12.0. The summed E-state index contributed by atoms with van der Waals surface area (Å²) in [4.78, 5) is 55.6. The van der Waals surface area contributed by atoms with E-state index in [9.17, 15) is 39.6 Å². The minimum absolute atomic E-state index is 0.0337. The maximum absolute atomic E-state index is 14.1. The van der Waals surface area contributed by atoms with Crippen LogP contribution in [0.15, 0.2) is 23.0 Å². The third-order valence-corrected chi connectivity index (χ3v) is 8.75. The van der Waals surface area contributed by atoms with E-state index in [2.05, 4.69) is 10.6 Å². The molecule has 2 amide bonds. The fourth-order valence-electron chi connectivity index (χ4n) is 6.82. The standard InChI is InChI=1S/C31H43N5O10/c1-7-45-20(46-8-2)13-33-12-19(37)34-17-11-18(35(3)4)15-9-14-10-16-24(36(5)6)27(40)23(30(32)43)29(42)31(16,44)28(41)21(14)26(39)22(15)25(17)38/h11,14,16,20,24,33,38-39,42,44H,7-10,12-13H2,1-6H3,(H2,32,43)(H,34,37)/t14?,16?,24-,31-/m0/s1. The number of fused-ring (bicyclic) bond motifs is 3. The summed E-state index contributed by atoms with van der Waals surface area (Å²) in [5, 5.41) is 51.4. The largest absolute Gasteiger partial charge is 0.508 e. The van der Waals surface area contributed by atoms with E-state index in [1.54, 1.807) is 25.1 Å². The number of phenolic OH excluding ortho intramolecular Hbond substituents is 1. The van der Waals surface area contributed by atoms with Crippen LogP contribution in [0.4, 0.5) is 11.4 Å². The molecule has 15 nitrogen and oxygen atoms in total. The topological polar surface area (TPSA) is 224 Å². The summed E-state index contributed by atoms with van der Waals surface area (Å²) >= 11 is 0. The molecule has 0 aliphatic heterocycles. The number of rotatable bonds is 12. The molecule has 0 spiro atoms. The number of nitrogens with zero attached hydrogens (tertiary/aromatic N) is 2. The fourth-order valence-corrected chi connectivity index (χ4v) is 6.82. The molecule has 3 aliphatic rings. The van der Waals surface area contributed by atoms with Gasteiger partial charge in [-0.25, -0.2) is 0 Å². The van der Waals surface area contributed by atoms with Gasteiger partial charge in [-0.3, -0.25) is 24.1 Å². The maximum Gasteiger partial charge on any atom is 0.255 e. The van der Waals surface area contributed by atoms with E-state index >= 15 is 0 Å². The molecule has 0 radical (unpaired) electrons. The van der Waals surface area contributed by atoms with Gasteiger partial charge in [0, 0.05) is 51.0 Å². The highest BCUT2D eigenvalue weighted by Crippen LogP contribution is 2.54. The number of likely N-dealkylation sites (N-methyl/N-ethyl adjacent to an activating group) is 1. The fraction of sp³-hybridized carbons (Fsp3) is 0.548. The van der Waals surface area contributed by atoms with Crippen molar-refractivity contribution in [1.82, 2.24) is 10.2 Å². The number of nitrogens with two attached hydrogens (primary N) is 1. The molecule has 46 heavy (non-hydrogen) atoms. The van der Waals surface area contributed by atoms with Gasteiger partial charge >= 0.3 is 0 Å². The van der Waals surface area contributed by atoms with Crippen LogP contribution in [0.1, 0.15) is 31.4 Å². The number of carbonyl (C=O) groups is 4. The van der Waals surface area contributed by atoms with Crippen LogP contribution in [-0.2, 0) is 35.1 Å². The van der Waals surface area contributed by atoms with E-state index in [1.807, 2.05) is 13.8 Å². The average Bonchev–Trinajstić information content (AvgIpc) is 2.96. The summed E-state index contributed by atoms with van der Waals surface area (Å²) in [5.41, 5.74) is 2.31. The number of carbonyl (C=O) groups excluding carboxylic acids is 4. The smallest absolute Gasteiger partial charge is 0.255 e. The van der Waals surface area contributed by atoms with Gasteiger partial charge in [0.05, 0.1) is 23.8 Å². The van der Waals surface area contributed by atoms with Crippen LogP contribution >= 0.6 is 0 Å². The van der Waals surface area contributed by atoms with Crippen LogP contribution in [0, 0.1) is 11.8 Å². The van der Waals surface area contributed by atoms with Crippen LogP contribution in [0.5, 0.6) is 5.75 Å². The third-order valence-electron chi connectivity index (χ3n) is 8.75. The third kappa shape index (κ3) is 5.84. The highest BCUT2D eigenvalue weighted by Gasteiger charge is 2.64. The molecule has 0 heterocycles. The van der Waals surface area contributed by atoms with Crippen molar-refractivity contribution in [1.29, 1.82) is 0 Å². The molecule has 3 aliphatic carbocycles. The first-order chi connectivity index (χ1) is 21.6. The van der Waals surface area contributed by atoms with Crippen LogP contribution < -0.4 is 21.3 Å². The number of phenols is 1. The lowest BCUT2D eigenvalue weighted by atomic mass is 9.57. The Bertz CT molecular complexity index is 1500. The molecule has 1 aromatic rings. The van der Waals surface area contributed by atoms with E-state index in [4.69, 9.17) is 15.2 Å². The summed E-state index contributed by atoms with van der Waals surface area (Å²) in [7, 11) is 6.55. The number of ketones is 2. The lowest BCUT2D eigenvalue weighted by Crippen LogP contribution is -2.65. The number of hydrogen-bond donors (Lipinski definition) is 7. The van der Waals surface area contributed by atoms with Crippen LogP contribution in [-0.4, -0.2) is 121 Å². The highest BCUT2D eigenvalue weighted by atomic mass is 16.7. The molecule has 4 rings (SSSR count). The zero-order valence-electron chi connectivity index (χ0n) is 26.8. The highest BCUT2D eigenvalue weighted by molar-refractivity contribution is 6.24. The lowest BCUT2D eigenvalue weighted by molar-refractivity contribution is -0.153. The number of amides is 2. The molecular weight excluding hydrogens is 602 g/mol. The van der Waals surface area contributed by atoms with E-state index in [1.165, 1.54) is 19.0 Å². The summed E-state index contributed by atoms with van der Waals surface area (Å²) in [6.07, 6.45) is -0.474. The quantitative estimate of drug-likeness (QED) is 0.0901. The molecule has 0 bridgehead atoms. The lowest BCUT2D eigenvalue weighted by Gasteiger charge is -2.50. The van der Waals surface area contributed by atoms with Crippen molar-refractivity contribution >= 4 is 40.5 Å². The second kappa shape index (κ2) is 13.4. The summed E-state index contributed by atoms with van der Waals surface area (Å²) in [5.74, 6) is -7.99. The number of ether oxygens (including phenoxy) is 2. The predicted molar refractivity (Wildman–Crippen MR) is 167 cm³/mol. The SMILES string of the molecule is CCOC(CNCC(=O)Nc1cc(N(C)C)c2c(c1O)C(O)=C1C(=O)[C@]3(O)C(O)=C(C(N)=O)C(=O)[C@@H](N(C)C)C3CC1C2)OCC. The molecule has 2 unspecified atom stereocenters. The van der Waals surface area contributed by atoms with Gasteiger partial charge in [0.15, 0.2) is 17.7 Å². The Morgan fingerprint density at radius 2 is 1.74 bits per heavy atom. The molecule has 8 N–H and O–H groups in total. The van der Waals surface area contributed by atoms with Crippen molar-refractivity contribution in [3.63, 3.8) is 0 Å². The Hall–Kier alpha value is -4.02. The van der Waals surface area contributed by atoms with E-state index < -0.39 is 76.0 Å². The van der Waals surface area contributed by atoms with Crippen molar-refractivity contribution in [2.45, 2.75) is 44.6 Å². The monoisotopic (exact) mass is 645 g/mol. The van der Waals surface area contributed by atoms with Gasteiger partial charge in [0.25, 0.3) is 5.91 Å². The van der Waals surface area contributed by atoms with Gasteiger partial charge in [0.1, 0.15) is 22.8 Å². The Balaban J connectivity index is 1.76. The number of Topliss-reactive ketones (excluding diaryl/α,β-unsaturated/α-hetero) is 2. The van der Waals surface area contributed by atoms with Gasteiger partial charge < -0.3 is 51.2 Å². The number of aliphatic hydroxyl groups excluding tert-OH is 2. The molecule has 1 fully saturated rings. The minimum atomic E-state index is -2.75. The van der Waals surface area contributed by atoms with Crippen molar-refractivity contribution in [2.75, 3.05) is 64.7 Å². The molecule has 0 saturated heterocycles. The van der Waals surface area contributed by atoms with Crippen molar-refractivity contribution in [3.8, 4) is 5.75 Å². The van der Waals surface area contributed by atoms with Crippen LogP contribution in [0.2, 0.25) is 0 Å². The number of aliphatic hydroxyl groups is 3. The Kier molecular flexibility index (Phi) is 10.1. The van der Waals surface area contributed by atoms with Gasteiger partial charge in [-0.1, -0.05) is 0 Å². The number of primary amides is 1. The zero-order valence-corrected chi connectivity index (χ0v) is 26.8. The van der Waals surface area contributed by atoms with E-state index in [0.717, 1.165) is 0 Å². The first kappa shape index (κ1) is 34.8. The van der Waals surface area contributed by atoms with Crippen LogP contribution in [0.3, 0.4) is 0 Å². The number of nitrogens with one attached hydrogen (secondary N) is 2. The molecule has 1 aromatic carbocycles. The van der Waals surface area contributed by atoms with Gasteiger partial charge in [0.2, 0.25) is 11.7 Å². The minimum Gasteiger partial charge on any atom is -0.508 e. The van der Waals surface area contributed by atoms with Gasteiger partial charge in [-0.15, -0.1) is 0 Å². The Labute approximate surface area is 266 Å². The summed E-state index contributed by atoms with van der Waals surface area (Å²) in [6.45, 7) is 4.55. The normalized spacial score (nSPS) is 24.2. The van der Waals surface area contributed by atoms with Crippen molar-refractivity contribution < 1.29 is 49.1 Å². The Morgan fingerprint density at radius 1 is 1.11 bits per heavy atom. The zero-order chi connectivity index (χ0) is 34.2. The number of aromatic hydroxyl groups is 1. The predicted octanol–water partition coefficient (Wildman–Crippen LogP) is -0.0428. The first-order valence-electron chi connectivity index (χ1n) is 15.1. The second-order valence-corrected chi connectivity index (χ2v) is 12.0. The Morgan fingerprint density at radius 3 is 2.28 bits per heavy atom. The van der Waals surface area contributed by atoms with Crippen molar-refractivity contribution in [2.24, 2.45) is 17.6 Å². The average molecular weight is 646 g/mol. The molecular formula is C31H43N5O10.